The summed E-state index contributed by atoms with van der Waals surface area (Å²) in [6.07, 6.45) is -2.18. The van der Waals surface area contributed by atoms with Gasteiger partial charge in [-0.05, 0) is 17.7 Å². The summed E-state index contributed by atoms with van der Waals surface area (Å²) in [7, 11) is 0. The molecular weight excluding hydrogens is 389 g/mol. The summed E-state index contributed by atoms with van der Waals surface area (Å²) in [5.41, 5.74) is 0.116. The van der Waals surface area contributed by atoms with E-state index in [1.807, 2.05) is 0 Å². The minimum atomic E-state index is -4.32. The number of thioether (sulfide) groups is 2. The largest absolute Gasteiger partial charge is 0.416 e. The Morgan fingerprint density at radius 3 is 2.64 bits per heavy atom. The highest BCUT2D eigenvalue weighted by atomic mass is 32.2. The van der Waals surface area contributed by atoms with Crippen molar-refractivity contribution < 1.29 is 18.0 Å². The maximum Gasteiger partial charge on any atom is 0.416 e. The number of anilines is 1. The number of carbonyl (C=O) groups excluding carboxylic acids is 1. The lowest BCUT2D eigenvalue weighted by molar-refractivity contribution is -0.137. The Morgan fingerprint density at radius 2 is 2.00 bits per heavy atom. The lowest BCUT2D eigenvalue weighted by Crippen LogP contribution is -2.29. The summed E-state index contributed by atoms with van der Waals surface area (Å²) < 4.78 is 37.7. The SMILES string of the molecule is O=C(Nc1ncc(Cc2ccc(C(F)(F)F)cc2)s1)C1CSCCS1. The normalized spacial score (nSPS) is 18.1. The zero-order valence-electron chi connectivity index (χ0n) is 13.0. The topological polar surface area (TPSA) is 42.0 Å². The molecule has 9 heteroatoms. The molecule has 2 heterocycles. The van der Waals surface area contributed by atoms with Crippen molar-refractivity contribution >= 4 is 45.9 Å². The second-order valence-corrected chi connectivity index (χ2v) is 9.00. The van der Waals surface area contributed by atoms with Crippen LogP contribution in [0, 0.1) is 0 Å². The average Bonchev–Trinajstić information content (AvgIpc) is 3.02. The Labute approximate surface area is 155 Å². The fourth-order valence-electron chi connectivity index (χ4n) is 2.28. The number of nitrogens with zero attached hydrogens (tertiary/aromatic N) is 1. The molecule has 1 aliphatic rings. The third kappa shape index (κ3) is 5.15. The molecule has 1 unspecified atom stereocenters. The molecule has 0 bridgehead atoms. The van der Waals surface area contributed by atoms with Crippen LogP contribution in [0.1, 0.15) is 16.0 Å². The number of thiazole rings is 1. The van der Waals surface area contributed by atoms with E-state index >= 15 is 0 Å². The first-order valence-corrected chi connectivity index (χ1v) is 10.5. The van der Waals surface area contributed by atoms with Gasteiger partial charge in [-0.2, -0.15) is 24.9 Å². The number of aromatic nitrogens is 1. The number of rotatable bonds is 4. The van der Waals surface area contributed by atoms with Crippen LogP contribution in [0.2, 0.25) is 0 Å². The van der Waals surface area contributed by atoms with Gasteiger partial charge >= 0.3 is 6.18 Å². The van der Waals surface area contributed by atoms with Crippen LogP contribution in [0.15, 0.2) is 30.5 Å². The zero-order chi connectivity index (χ0) is 17.9. The highest BCUT2D eigenvalue weighted by Gasteiger charge is 2.30. The summed E-state index contributed by atoms with van der Waals surface area (Å²) in [6, 6.07) is 5.10. The molecule has 25 heavy (non-hydrogen) atoms. The minimum absolute atomic E-state index is 0.0346. The van der Waals surface area contributed by atoms with Gasteiger partial charge in [0, 0.05) is 34.8 Å². The Morgan fingerprint density at radius 1 is 1.24 bits per heavy atom. The van der Waals surface area contributed by atoms with Gasteiger partial charge in [-0.3, -0.25) is 4.79 Å². The summed E-state index contributed by atoms with van der Waals surface area (Å²) in [5.74, 6) is 2.82. The van der Waals surface area contributed by atoms with E-state index in [9.17, 15) is 18.0 Å². The van der Waals surface area contributed by atoms with Gasteiger partial charge in [0.1, 0.15) is 0 Å². The number of alkyl halides is 3. The first-order chi connectivity index (χ1) is 11.9. The highest BCUT2D eigenvalue weighted by Crippen LogP contribution is 2.30. The van der Waals surface area contributed by atoms with Gasteiger partial charge in [-0.15, -0.1) is 23.1 Å². The van der Waals surface area contributed by atoms with Crippen molar-refractivity contribution in [3.63, 3.8) is 0 Å². The summed E-state index contributed by atoms with van der Waals surface area (Å²) in [6.45, 7) is 0. The quantitative estimate of drug-likeness (QED) is 0.812. The van der Waals surface area contributed by atoms with Gasteiger partial charge < -0.3 is 5.32 Å². The first-order valence-electron chi connectivity index (χ1n) is 7.53. The molecule has 0 saturated carbocycles. The third-order valence-corrected chi connectivity index (χ3v) is 7.22. The van der Waals surface area contributed by atoms with Crippen LogP contribution in [0.25, 0.3) is 0 Å². The van der Waals surface area contributed by atoms with E-state index < -0.39 is 11.7 Å². The number of benzene rings is 1. The Hall–Kier alpha value is -1.19. The van der Waals surface area contributed by atoms with Crippen molar-refractivity contribution in [2.45, 2.75) is 17.8 Å². The lowest BCUT2D eigenvalue weighted by atomic mass is 10.1. The van der Waals surface area contributed by atoms with Crippen molar-refractivity contribution in [2.75, 3.05) is 22.6 Å². The molecular formula is C16H15F3N2OS3. The van der Waals surface area contributed by atoms with Gasteiger partial charge in [-0.1, -0.05) is 12.1 Å². The number of hydrogen-bond donors (Lipinski definition) is 1. The smallest absolute Gasteiger partial charge is 0.301 e. The maximum absolute atomic E-state index is 12.6. The molecule has 1 N–H and O–H groups in total. The van der Waals surface area contributed by atoms with Crippen molar-refractivity contribution in [1.29, 1.82) is 0 Å². The second kappa shape index (κ2) is 8.01. The molecule has 0 spiro atoms. The first kappa shape index (κ1) is 18.6. The van der Waals surface area contributed by atoms with Crippen molar-refractivity contribution in [3.05, 3.63) is 46.5 Å². The molecule has 134 valence electrons. The van der Waals surface area contributed by atoms with Crippen LogP contribution >= 0.6 is 34.9 Å². The van der Waals surface area contributed by atoms with Crippen LogP contribution in [0.5, 0.6) is 0 Å². The Balaban J connectivity index is 1.59. The maximum atomic E-state index is 12.6. The van der Waals surface area contributed by atoms with Crippen LogP contribution < -0.4 is 5.32 Å². The van der Waals surface area contributed by atoms with Gasteiger partial charge in [0.15, 0.2) is 5.13 Å². The minimum Gasteiger partial charge on any atom is -0.301 e. The summed E-state index contributed by atoms with van der Waals surface area (Å²) in [5, 5.41) is 3.31. The molecule has 3 rings (SSSR count). The van der Waals surface area contributed by atoms with Crippen molar-refractivity contribution in [2.24, 2.45) is 0 Å². The van der Waals surface area contributed by atoms with E-state index in [-0.39, 0.29) is 11.2 Å². The van der Waals surface area contributed by atoms with Crippen LogP contribution in [0.4, 0.5) is 18.3 Å². The lowest BCUT2D eigenvalue weighted by Gasteiger charge is -2.19. The molecule has 1 aliphatic heterocycles. The molecule has 0 aliphatic carbocycles. The van der Waals surface area contributed by atoms with Crippen LogP contribution in [-0.4, -0.2) is 33.4 Å². The molecule has 1 aromatic heterocycles. The standard InChI is InChI=1S/C16H15F3N2OS3/c17-16(18,19)11-3-1-10(2-4-11)7-12-8-20-15(25-12)21-14(22)13-9-23-5-6-24-13/h1-4,8,13H,5-7,9H2,(H,20,21,22). The molecule has 3 nitrogen and oxygen atoms in total. The van der Waals surface area contributed by atoms with E-state index in [1.165, 1.54) is 23.5 Å². The summed E-state index contributed by atoms with van der Waals surface area (Å²) in [4.78, 5) is 17.3. The van der Waals surface area contributed by atoms with E-state index in [0.717, 1.165) is 39.8 Å². The Kier molecular flexibility index (Phi) is 5.96. The second-order valence-electron chi connectivity index (χ2n) is 5.43. The third-order valence-electron chi connectivity index (χ3n) is 3.55. The van der Waals surface area contributed by atoms with Crippen LogP contribution in [0.3, 0.4) is 0 Å². The molecule has 1 saturated heterocycles. The molecule has 1 fully saturated rings. The molecule has 1 aromatic carbocycles. The van der Waals surface area contributed by atoms with E-state index in [0.29, 0.717) is 11.6 Å². The van der Waals surface area contributed by atoms with E-state index in [1.54, 1.807) is 29.7 Å². The van der Waals surface area contributed by atoms with Crippen molar-refractivity contribution in [1.82, 2.24) is 4.98 Å². The van der Waals surface area contributed by atoms with E-state index in [4.69, 9.17) is 0 Å². The number of halogens is 3. The van der Waals surface area contributed by atoms with E-state index in [2.05, 4.69) is 10.3 Å². The van der Waals surface area contributed by atoms with Gasteiger partial charge in [0.25, 0.3) is 0 Å². The highest BCUT2D eigenvalue weighted by molar-refractivity contribution is 8.07. The fraction of sp³-hybridized carbons (Fsp3) is 0.375. The van der Waals surface area contributed by atoms with Crippen molar-refractivity contribution in [3.8, 4) is 0 Å². The van der Waals surface area contributed by atoms with Gasteiger partial charge in [-0.25, -0.2) is 4.98 Å². The molecule has 2 aromatic rings. The predicted octanol–water partition coefficient (Wildman–Crippen LogP) is 4.54. The molecule has 1 amide bonds. The number of amides is 1. The number of hydrogen-bond acceptors (Lipinski definition) is 5. The predicted molar refractivity (Wildman–Crippen MR) is 98.6 cm³/mol. The molecule has 0 radical (unpaired) electrons. The number of nitrogens with one attached hydrogen (secondary N) is 1. The molecule has 1 atom stereocenters. The zero-order valence-corrected chi connectivity index (χ0v) is 15.5. The summed E-state index contributed by atoms with van der Waals surface area (Å²) >= 11 is 4.78. The average molecular weight is 405 g/mol. The number of carbonyl (C=O) groups is 1. The Bertz CT molecular complexity index is 725. The fourth-order valence-corrected chi connectivity index (χ4v) is 5.69. The van der Waals surface area contributed by atoms with Gasteiger partial charge in [0.05, 0.1) is 10.8 Å². The van der Waals surface area contributed by atoms with Gasteiger partial charge in [0.2, 0.25) is 5.91 Å². The van der Waals surface area contributed by atoms with Crippen LogP contribution in [-0.2, 0) is 17.4 Å². The monoisotopic (exact) mass is 404 g/mol.